The topological polar surface area (TPSA) is 65.1 Å². The lowest BCUT2D eigenvalue weighted by Gasteiger charge is -2.24. The molecule has 0 unspecified atom stereocenters. The largest absolute Gasteiger partial charge is 0.493 e. The average molecular weight is 398 g/mol. The van der Waals surface area contributed by atoms with Gasteiger partial charge in [-0.1, -0.05) is 24.4 Å². The van der Waals surface area contributed by atoms with Gasteiger partial charge in [-0.3, -0.25) is 4.79 Å². The molecule has 0 radical (unpaired) electrons. The maximum atomic E-state index is 12.6. The highest BCUT2D eigenvalue weighted by Gasteiger charge is 2.26. The molecule has 1 saturated heterocycles. The molecule has 27 heavy (non-hydrogen) atoms. The first-order chi connectivity index (χ1) is 12.8. The van der Waals surface area contributed by atoms with Crippen LogP contribution in [0.4, 0.5) is 0 Å². The number of likely N-dealkylation sites (tertiary alicyclic amines) is 1. The van der Waals surface area contributed by atoms with Gasteiger partial charge in [0.25, 0.3) is 5.91 Å². The van der Waals surface area contributed by atoms with Crippen molar-refractivity contribution in [3.05, 3.63) is 22.7 Å². The summed E-state index contributed by atoms with van der Waals surface area (Å²) in [6.07, 6.45) is 3.27. The fourth-order valence-corrected chi connectivity index (χ4v) is 3.27. The van der Waals surface area contributed by atoms with Crippen LogP contribution in [0.1, 0.15) is 56.8 Å². The molecule has 0 spiro atoms. The van der Waals surface area contributed by atoms with Crippen LogP contribution in [0.3, 0.4) is 0 Å². The van der Waals surface area contributed by atoms with E-state index in [4.69, 9.17) is 25.8 Å². The predicted octanol–water partition coefficient (Wildman–Crippen LogP) is 4.08. The molecule has 1 aromatic carbocycles. The quantitative estimate of drug-likeness (QED) is 0.676. The van der Waals surface area contributed by atoms with Crippen LogP contribution in [0.15, 0.2) is 12.1 Å². The first-order valence-corrected chi connectivity index (χ1v) is 9.75. The van der Waals surface area contributed by atoms with Crippen LogP contribution >= 0.6 is 11.6 Å². The Morgan fingerprint density at radius 1 is 1.07 bits per heavy atom. The van der Waals surface area contributed by atoms with Crippen molar-refractivity contribution in [2.75, 3.05) is 20.2 Å². The number of methoxy groups -OCH3 is 1. The lowest BCUT2D eigenvalue weighted by atomic mass is 10.2. The zero-order valence-electron chi connectivity index (χ0n) is 16.4. The summed E-state index contributed by atoms with van der Waals surface area (Å²) >= 11 is 6.25. The molecule has 0 N–H and O–H groups in total. The van der Waals surface area contributed by atoms with Gasteiger partial charge in [0.15, 0.2) is 17.6 Å². The Balaban J connectivity index is 2.10. The molecule has 7 heteroatoms. The van der Waals surface area contributed by atoms with Gasteiger partial charge in [0.05, 0.1) is 23.8 Å². The fraction of sp³-hybridized carbons (Fsp3) is 0.600. The number of ether oxygens (including phenoxy) is 3. The van der Waals surface area contributed by atoms with Gasteiger partial charge in [0.1, 0.15) is 0 Å². The zero-order valence-corrected chi connectivity index (χ0v) is 17.2. The number of amides is 1. The van der Waals surface area contributed by atoms with Crippen LogP contribution in [0.2, 0.25) is 5.02 Å². The summed E-state index contributed by atoms with van der Waals surface area (Å²) in [7, 11) is 1.47. The second-order valence-electron chi connectivity index (χ2n) is 6.94. The maximum Gasteiger partial charge on any atom is 0.339 e. The summed E-state index contributed by atoms with van der Waals surface area (Å²) in [5.74, 6) is -0.0703. The summed E-state index contributed by atoms with van der Waals surface area (Å²) < 4.78 is 16.3. The minimum Gasteiger partial charge on any atom is -0.493 e. The highest BCUT2D eigenvalue weighted by atomic mass is 35.5. The molecule has 1 amide bonds. The van der Waals surface area contributed by atoms with E-state index in [0.29, 0.717) is 24.6 Å². The molecule has 6 nitrogen and oxygen atoms in total. The number of hydrogen-bond acceptors (Lipinski definition) is 5. The summed E-state index contributed by atoms with van der Waals surface area (Å²) in [5, 5.41) is 0.251. The van der Waals surface area contributed by atoms with E-state index in [0.717, 1.165) is 25.7 Å². The van der Waals surface area contributed by atoms with Crippen molar-refractivity contribution in [1.29, 1.82) is 0 Å². The normalized spacial score (nSPS) is 15.9. The minimum absolute atomic E-state index is 0.0968. The molecule has 1 aromatic rings. The van der Waals surface area contributed by atoms with Gasteiger partial charge in [-0.15, -0.1) is 0 Å². The summed E-state index contributed by atoms with van der Waals surface area (Å²) in [5.41, 5.74) is 0.212. The SMILES string of the molecule is COc1cc(C(=O)O[C@@H](C)C(=O)N2CCCCCC2)cc(Cl)c1OC(C)C. The predicted molar refractivity (Wildman–Crippen MR) is 104 cm³/mol. The van der Waals surface area contributed by atoms with Gasteiger partial charge >= 0.3 is 5.97 Å². The van der Waals surface area contributed by atoms with E-state index in [2.05, 4.69) is 0 Å². The Hall–Kier alpha value is -1.95. The standard InChI is InChI=1S/C20H28ClNO5/c1-13(2)26-18-16(21)11-15(12-17(18)25-4)20(24)27-14(3)19(23)22-9-7-5-6-8-10-22/h11-14H,5-10H2,1-4H3/t14-/m0/s1. The van der Waals surface area contributed by atoms with Crippen LogP contribution in [0.5, 0.6) is 11.5 Å². The van der Waals surface area contributed by atoms with E-state index in [-0.39, 0.29) is 22.6 Å². The molecular formula is C20H28ClNO5. The van der Waals surface area contributed by atoms with E-state index in [1.165, 1.54) is 19.2 Å². The first kappa shape index (κ1) is 21.4. The van der Waals surface area contributed by atoms with E-state index in [9.17, 15) is 9.59 Å². The molecule has 1 aliphatic rings. The third kappa shape index (κ3) is 5.76. The van der Waals surface area contributed by atoms with E-state index >= 15 is 0 Å². The number of nitrogens with zero attached hydrogens (tertiary/aromatic N) is 1. The summed E-state index contributed by atoms with van der Waals surface area (Å²) in [4.78, 5) is 26.9. The molecule has 1 heterocycles. The van der Waals surface area contributed by atoms with E-state index in [1.807, 2.05) is 13.8 Å². The molecule has 0 bridgehead atoms. The Morgan fingerprint density at radius 2 is 1.70 bits per heavy atom. The summed E-state index contributed by atoms with van der Waals surface area (Å²) in [6.45, 7) is 6.76. The van der Waals surface area contributed by atoms with Gasteiger partial charge < -0.3 is 19.1 Å². The first-order valence-electron chi connectivity index (χ1n) is 9.37. The Labute approximate surface area is 165 Å². The van der Waals surface area contributed by atoms with Crippen molar-refractivity contribution in [1.82, 2.24) is 4.90 Å². The molecule has 1 atom stereocenters. The van der Waals surface area contributed by atoms with E-state index < -0.39 is 12.1 Å². The van der Waals surface area contributed by atoms with Gasteiger partial charge in [-0.05, 0) is 45.7 Å². The number of esters is 1. The molecule has 2 rings (SSSR count). The molecule has 0 aliphatic carbocycles. The van der Waals surface area contributed by atoms with E-state index in [1.54, 1.807) is 11.8 Å². The molecule has 1 fully saturated rings. The van der Waals surface area contributed by atoms with Gasteiger partial charge in [-0.2, -0.15) is 0 Å². The number of carbonyl (C=O) groups is 2. The van der Waals surface area contributed by atoms with Crippen molar-refractivity contribution in [3.63, 3.8) is 0 Å². The van der Waals surface area contributed by atoms with Crippen LogP contribution in [0.25, 0.3) is 0 Å². The van der Waals surface area contributed by atoms with Crippen molar-refractivity contribution in [2.24, 2.45) is 0 Å². The third-order valence-electron chi connectivity index (χ3n) is 4.37. The van der Waals surface area contributed by atoms with Gasteiger partial charge in [-0.25, -0.2) is 4.79 Å². The highest BCUT2D eigenvalue weighted by Crippen LogP contribution is 2.37. The zero-order chi connectivity index (χ0) is 20.0. The molecule has 0 saturated carbocycles. The number of benzene rings is 1. The highest BCUT2D eigenvalue weighted by molar-refractivity contribution is 6.32. The molecular weight excluding hydrogens is 370 g/mol. The fourth-order valence-electron chi connectivity index (χ4n) is 3.01. The number of halogens is 1. The number of carbonyl (C=O) groups excluding carboxylic acids is 2. The molecule has 1 aliphatic heterocycles. The van der Waals surface area contributed by atoms with Crippen molar-refractivity contribution >= 4 is 23.5 Å². The minimum atomic E-state index is -0.855. The smallest absolute Gasteiger partial charge is 0.339 e. The van der Waals surface area contributed by atoms with Crippen molar-refractivity contribution in [3.8, 4) is 11.5 Å². The Morgan fingerprint density at radius 3 is 2.26 bits per heavy atom. The van der Waals surface area contributed by atoms with Gasteiger partial charge in [0.2, 0.25) is 0 Å². The number of rotatable bonds is 6. The van der Waals surface area contributed by atoms with Crippen LogP contribution in [-0.2, 0) is 9.53 Å². The second-order valence-corrected chi connectivity index (χ2v) is 7.35. The summed E-state index contributed by atoms with van der Waals surface area (Å²) in [6, 6.07) is 2.97. The molecule has 150 valence electrons. The van der Waals surface area contributed by atoms with Crippen molar-refractivity contribution < 1.29 is 23.8 Å². The average Bonchev–Trinajstić information content (AvgIpc) is 2.91. The number of hydrogen-bond donors (Lipinski definition) is 0. The van der Waals surface area contributed by atoms with Crippen LogP contribution in [0, 0.1) is 0 Å². The van der Waals surface area contributed by atoms with Crippen LogP contribution in [-0.4, -0.2) is 49.2 Å². The monoisotopic (exact) mass is 397 g/mol. The lowest BCUT2D eigenvalue weighted by Crippen LogP contribution is -2.40. The van der Waals surface area contributed by atoms with Gasteiger partial charge in [0, 0.05) is 13.1 Å². The Kier molecular flexibility index (Phi) is 7.78. The Bertz CT molecular complexity index is 669. The maximum absolute atomic E-state index is 12.6. The third-order valence-corrected chi connectivity index (χ3v) is 4.65. The lowest BCUT2D eigenvalue weighted by molar-refractivity contribution is -0.139. The van der Waals surface area contributed by atoms with Crippen LogP contribution < -0.4 is 9.47 Å². The van der Waals surface area contributed by atoms with Crippen molar-refractivity contribution in [2.45, 2.75) is 58.7 Å². The second kappa shape index (κ2) is 9.83. The molecule has 0 aromatic heterocycles.